The topological polar surface area (TPSA) is 64.7 Å². The highest BCUT2D eigenvalue weighted by Crippen LogP contribution is 2.36. The summed E-state index contributed by atoms with van der Waals surface area (Å²) in [5.41, 5.74) is 7.82. The third-order valence-corrected chi connectivity index (χ3v) is 4.95. The molecule has 1 unspecified atom stereocenters. The van der Waals surface area contributed by atoms with Gasteiger partial charge in [0.1, 0.15) is 5.82 Å². The molecule has 2 aromatic rings. The Balaban J connectivity index is 1.82. The van der Waals surface area contributed by atoms with Crippen molar-refractivity contribution in [2.24, 2.45) is 0 Å². The van der Waals surface area contributed by atoms with Gasteiger partial charge >= 0.3 is 6.18 Å². The van der Waals surface area contributed by atoms with Crippen LogP contribution in [0.15, 0.2) is 23.5 Å². The molecule has 1 aliphatic rings. The Morgan fingerprint density at radius 3 is 2.54 bits per heavy atom. The lowest BCUT2D eigenvalue weighted by molar-refractivity contribution is -0.141. The van der Waals surface area contributed by atoms with Crippen molar-refractivity contribution in [2.45, 2.75) is 49.2 Å². The van der Waals surface area contributed by atoms with Crippen LogP contribution in [0.1, 0.15) is 47.5 Å². The highest BCUT2D eigenvalue weighted by atomic mass is 32.2. The van der Waals surface area contributed by atoms with E-state index in [1.54, 1.807) is 0 Å². The molecule has 3 rings (SSSR count). The molecule has 0 amide bonds. The van der Waals surface area contributed by atoms with Gasteiger partial charge in [0, 0.05) is 12.3 Å². The second kappa shape index (κ2) is 6.58. The van der Waals surface area contributed by atoms with Crippen LogP contribution in [0.25, 0.3) is 0 Å². The zero-order valence-corrected chi connectivity index (χ0v) is 13.9. The van der Waals surface area contributed by atoms with Crippen molar-refractivity contribution >= 4 is 17.6 Å². The van der Waals surface area contributed by atoms with Gasteiger partial charge in [0.05, 0.1) is 10.9 Å². The highest BCUT2D eigenvalue weighted by Gasteiger charge is 2.33. The monoisotopic (exact) mass is 354 g/mol. The Hall–Kier alpha value is -1.83. The second-order valence-electron chi connectivity index (χ2n) is 5.80. The third kappa shape index (κ3) is 3.80. The van der Waals surface area contributed by atoms with E-state index in [2.05, 4.69) is 15.0 Å². The Morgan fingerprint density at radius 1 is 1.12 bits per heavy atom. The molecule has 0 fully saturated rings. The van der Waals surface area contributed by atoms with Crippen LogP contribution >= 0.6 is 11.8 Å². The van der Waals surface area contributed by atoms with Crippen molar-refractivity contribution < 1.29 is 13.2 Å². The van der Waals surface area contributed by atoms with E-state index in [-0.39, 0.29) is 16.2 Å². The van der Waals surface area contributed by atoms with Gasteiger partial charge in [-0.1, -0.05) is 11.8 Å². The summed E-state index contributed by atoms with van der Waals surface area (Å²) in [6.45, 7) is 1.88. The SMILES string of the molecule is CC(Sc1nc(N)cc(C(F)(F)F)n1)c1cc2c(cn1)CCCC2. The quantitative estimate of drug-likeness (QED) is 0.661. The van der Waals surface area contributed by atoms with Crippen molar-refractivity contribution in [3.63, 3.8) is 0 Å². The molecular weight excluding hydrogens is 337 g/mol. The molecule has 24 heavy (non-hydrogen) atoms. The molecule has 2 N–H and O–H groups in total. The number of nitrogens with two attached hydrogens (primary N) is 1. The lowest BCUT2D eigenvalue weighted by atomic mass is 9.93. The molecule has 8 heteroatoms. The summed E-state index contributed by atoms with van der Waals surface area (Å²) in [5.74, 6) is -0.189. The van der Waals surface area contributed by atoms with Gasteiger partial charge in [-0.2, -0.15) is 13.2 Å². The number of aryl methyl sites for hydroxylation is 2. The molecule has 4 nitrogen and oxygen atoms in total. The van der Waals surface area contributed by atoms with Gasteiger partial charge in [0.25, 0.3) is 0 Å². The lowest BCUT2D eigenvalue weighted by Gasteiger charge is -2.18. The number of nitrogen functional groups attached to an aromatic ring is 1. The Morgan fingerprint density at radius 2 is 1.83 bits per heavy atom. The molecule has 0 aliphatic heterocycles. The van der Waals surface area contributed by atoms with Crippen LogP contribution in [0.3, 0.4) is 0 Å². The first kappa shape index (κ1) is 17.0. The van der Waals surface area contributed by atoms with Crippen molar-refractivity contribution in [3.05, 3.63) is 40.8 Å². The Labute approximate surface area is 142 Å². The molecule has 2 heterocycles. The zero-order chi connectivity index (χ0) is 17.3. The van der Waals surface area contributed by atoms with Crippen LogP contribution in [0, 0.1) is 0 Å². The van der Waals surface area contributed by atoms with E-state index in [0.29, 0.717) is 0 Å². The van der Waals surface area contributed by atoms with Gasteiger partial charge in [-0.05, 0) is 49.8 Å². The van der Waals surface area contributed by atoms with E-state index in [4.69, 9.17) is 5.73 Å². The van der Waals surface area contributed by atoms with Gasteiger partial charge in [0.2, 0.25) is 0 Å². The molecule has 0 radical (unpaired) electrons. The van der Waals surface area contributed by atoms with Gasteiger partial charge < -0.3 is 5.73 Å². The second-order valence-corrected chi connectivity index (χ2v) is 7.11. The van der Waals surface area contributed by atoms with Crippen LogP contribution < -0.4 is 5.73 Å². The van der Waals surface area contributed by atoms with E-state index in [0.717, 1.165) is 42.8 Å². The maximum Gasteiger partial charge on any atom is 0.433 e. The third-order valence-electron chi connectivity index (χ3n) is 3.96. The van der Waals surface area contributed by atoms with Gasteiger partial charge in [-0.15, -0.1) is 0 Å². The van der Waals surface area contributed by atoms with Gasteiger partial charge in [0.15, 0.2) is 10.9 Å². The van der Waals surface area contributed by atoms with Gasteiger partial charge in [-0.3, -0.25) is 4.98 Å². The molecule has 1 aliphatic carbocycles. The summed E-state index contributed by atoms with van der Waals surface area (Å²) < 4.78 is 38.5. The largest absolute Gasteiger partial charge is 0.433 e. The zero-order valence-electron chi connectivity index (χ0n) is 13.1. The molecule has 0 bridgehead atoms. The molecule has 128 valence electrons. The number of pyridine rings is 1. The average Bonchev–Trinajstić information content (AvgIpc) is 2.53. The normalized spacial score (nSPS) is 15.8. The van der Waals surface area contributed by atoms with E-state index in [1.165, 1.54) is 17.5 Å². The number of hydrogen-bond donors (Lipinski definition) is 1. The average molecular weight is 354 g/mol. The number of fused-ring (bicyclic) bond motifs is 1. The Bertz CT molecular complexity index is 749. The first-order chi connectivity index (χ1) is 11.3. The number of hydrogen-bond acceptors (Lipinski definition) is 5. The van der Waals surface area contributed by atoms with Crippen molar-refractivity contribution in [1.82, 2.24) is 15.0 Å². The van der Waals surface area contributed by atoms with Crippen LogP contribution in [-0.4, -0.2) is 15.0 Å². The smallest absolute Gasteiger partial charge is 0.384 e. The minimum Gasteiger partial charge on any atom is -0.384 e. The lowest BCUT2D eigenvalue weighted by Crippen LogP contribution is -2.11. The van der Waals surface area contributed by atoms with E-state index >= 15 is 0 Å². The first-order valence-corrected chi connectivity index (χ1v) is 8.57. The molecule has 0 saturated carbocycles. The fourth-order valence-corrected chi connectivity index (χ4v) is 3.59. The highest BCUT2D eigenvalue weighted by molar-refractivity contribution is 7.99. The molecule has 0 saturated heterocycles. The molecule has 0 spiro atoms. The van der Waals surface area contributed by atoms with Crippen LogP contribution in [-0.2, 0) is 19.0 Å². The minimum absolute atomic E-state index is 0.00865. The van der Waals surface area contributed by atoms with Crippen LogP contribution in [0.4, 0.5) is 19.0 Å². The summed E-state index contributed by atoms with van der Waals surface area (Å²) in [6, 6.07) is 2.79. The Kier molecular flexibility index (Phi) is 4.67. The first-order valence-electron chi connectivity index (χ1n) is 7.69. The summed E-state index contributed by atoms with van der Waals surface area (Å²) in [6.07, 6.45) is 1.73. The summed E-state index contributed by atoms with van der Waals surface area (Å²) in [4.78, 5) is 11.9. The number of alkyl halides is 3. The van der Waals surface area contributed by atoms with E-state index in [9.17, 15) is 13.2 Å². The molecule has 1 atom stereocenters. The predicted molar refractivity (Wildman–Crippen MR) is 86.6 cm³/mol. The fraction of sp³-hybridized carbons (Fsp3) is 0.438. The van der Waals surface area contributed by atoms with Gasteiger partial charge in [-0.25, -0.2) is 9.97 Å². The van der Waals surface area contributed by atoms with Crippen molar-refractivity contribution in [2.75, 3.05) is 5.73 Å². The maximum atomic E-state index is 12.8. The van der Waals surface area contributed by atoms with E-state index < -0.39 is 11.9 Å². The minimum atomic E-state index is -4.54. The summed E-state index contributed by atoms with van der Waals surface area (Å²) in [5, 5.41) is -0.158. The molecule has 0 aromatic carbocycles. The number of nitrogens with zero attached hydrogens (tertiary/aromatic N) is 3. The summed E-state index contributed by atoms with van der Waals surface area (Å²) in [7, 11) is 0. The number of halogens is 3. The number of rotatable bonds is 3. The van der Waals surface area contributed by atoms with Crippen molar-refractivity contribution in [3.8, 4) is 0 Å². The van der Waals surface area contributed by atoms with Crippen molar-refractivity contribution in [1.29, 1.82) is 0 Å². The standard InChI is InChI=1S/C16H17F3N4S/c1-9(12-6-10-4-2-3-5-11(10)8-21-12)24-15-22-13(16(17,18)19)7-14(20)23-15/h6-9H,2-5H2,1H3,(H2,20,22,23). The van der Waals surface area contributed by atoms with Crippen LogP contribution in [0.2, 0.25) is 0 Å². The maximum absolute atomic E-state index is 12.8. The fourth-order valence-electron chi connectivity index (χ4n) is 2.71. The molecular formula is C16H17F3N4S. The predicted octanol–water partition coefficient (Wildman–Crippen LogP) is 4.20. The number of thioether (sulfide) groups is 1. The number of aromatic nitrogens is 3. The van der Waals surface area contributed by atoms with E-state index in [1.807, 2.05) is 19.2 Å². The summed E-state index contributed by atoms with van der Waals surface area (Å²) >= 11 is 1.13. The van der Waals surface area contributed by atoms with Crippen LogP contribution in [0.5, 0.6) is 0 Å². The molecule has 2 aromatic heterocycles. The number of anilines is 1.